The van der Waals surface area contributed by atoms with Crippen molar-refractivity contribution < 1.29 is 9.53 Å². The standard InChI is InChI=1S/C23H30N4O2/c1-24-23(27-14-11-19(17-27)15-18-7-4-3-5-8-18)26-13-12-25-22(28)20-9-6-10-21(16-20)29-2/h3-10,16,19H,11-15,17H2,1-2H3,(H,24,26)(H,25,28). The Balaban J connectivity index is 1.41. The zero-order valence-corrected chi connectivity index (χ0v) is 17.2. The van der Waals surface area contributed by atoms with Crippen LogP contribution < -0.4 is 15.4 Å². The Kier molecular flexibility index (Phi) is 7.50. The largest absolute Gasteiger partial charge is 0.497 e. The second kappa shape index (κ2) is 10.5. The molecule has 0 aliphatic carbocycles. The highest BCUT2D eigenvalue weighted by molar-refractivity contribution is 5.94. The first-order valence-electron chi connectivity index (χ1n) is 10.1. The number of nitrogens with one attached hydrogen (secondary N) is 2. The molecular weight excluding hydrogens is 364 g/mol. The third-order valence-corrected chi connectivity index (χ3v) is 5.19. The summed E-state index contributed by atoms with van der Waals surface area (Å²) in [7, 11) is 3.40. The van der Waals surface area contributed by atoms with E-state index in [-0.39, 0.29) is 5.91 Å². The molecule has 1 unspecified atom stereocenters. The van der Waals surface area contributed by atoms with Crippen LogP contribution in [-0.2, 0) is 6.42 Å². The Bertz CT molecular complexity index is 823. The van der Waals surface area contributed by atoms with Crippen LogP contribution in [0.4, 0.5) is 0 Å². The van der Waals surface area contributed by atoms with E-state index in [1.165, 1.54) is 12.0 Å². The number of guanidine groups is 1. The van der Waals surface area contributed by atoms with Crippen LogP contribution in [0.25, 0.3) is 0 Å². The predicted molar refractivity (Wildman–Crippen MR) is 117 cm³/mol. The van der Waals surface area contributed by atoms with Crippen molar-refractivity contribution in [2.45, 2.75) is 12.8 Å². The van der Waals surface area contributed by atoms with Crippen LogP contribution in [-0.4, -0.2) is 57.1 Å². The van der Waals surface area contributed by atoms with Gasteiger partial charge in [-0.1, -0.05) is 36.4 Å². The summed E-state index contributed by atoms with van der Waals surface area (Å²) in [5.41, 5.74) is 1.99. The number of hydrogen-bond donors (Lipinski definition) is 2. The van der Waals surface area contributed by atoms with Gasteiger partial charge in [-0.05, 0) is 42.5 Å². The van der Waals surface area contributed by atoms with E-state index in [1.807, 2.05) is 19.2 Å². The Hall–Kier alpha value is -3.02. The molecule has 0 spiro atoms. The first kappa shape index (κ1) is 20.7. The number of methoxy groups -OCH3 is 1. The molecule has 154 valence electrons. The van der Waals surface area contributed by atoms with Gasteiger partial charge in [-0.2, -0.15) is 0 Å². The van der Waals surface area contributed by atoms with Crippen LogP contribution in [0.2, 0.25) is 0 Å². The number of carbonyl (C=O) groups is 1. The van der Waals surface area contributed by atoms with Gasteiger partial charge < -0.3 is 20.3 Å². The SMILES string of the molecule is CN=C(NCCNC(=O)c1cccc(OC)c1)N1CCC(Cc2ccccc2)C1. The summed E-state index contributed by atoms with van der Waals surface area (Å²) in [6.07, 6.45) is 2.27. The Labute approximate surface area is 173 Å². The molecule has 2 aromatic rings. The second-order valence-corrected chi connectivity index (χ2v) is 7.25. The molecule has 1 aliphatic rings. The minimum Gasteiger partial charge on any atom is -0.497 e. The number of amides is 1. The molecule has 0 bridgehead atoms. The molecule has 1 aliphatic heterocycles. The van der Waals surface area contributed by atoms with Crippen LogP contribution in [0.3, 0.4) is 0 Å². The van der Waals surface area contributed by atoms with E-state index in [9.17, 15) is 4.79 Å². The summed E-state index contributed by atoms with van der Waals surface area (Å²) in [6, 6.07) is 17.8. The van der Waals surface area contributed by atoms with Gasteiger partial charge in [0.05, 0.1) is 7.11 Å². The Morgan fingerprint density at radius 1 is 1.14 bits per heavy atom. The third-order valence-electron chi connectivity index (χ3n) is 5.19. The van der Waals surface area contributed by atoms with Crippen molar-refractivity contribution in [3.8, 4) is 5.75 Å². The van der Waals surface area contributed by atoms with Crippen molar-refractivity contribution in [3.63, 3.8) is 0 Å². The van der Waals surface area contributed by atoms with Gasteiger partial charge in [0.25, 0.3) is 5.91 Å². The van der Waals surface area contributed by atoms with Crippen LogP contribution in [0.15, 0.2) is 59.6 Å². The van der Waals surface area contributed by atoms with Gasteiger partial charge in [0.2, 0.25) is 0 Å². The average Bonchev–Trinajstić information content (AvgIpc) is 3.22. The maximum atomic E-state index is 12.3. The lowest BCUT2D eigenvalue weighted by Crippen LogP contribution is -2.43. The minimum absolute atomic E-state index is 0.107. The first-order valence-corrected chi connectivity index (χ1v) is 10.1. The summed E-state index contributed by atoms with van der Waals surface area (Å²) < 4.78 is 5.17. The maximum Gasteiger partial charge on any atom is 0.251 e. The number of carbonyl (C=O) groups excluding carboxylic acids is 1. The van der Waals surface area contributed by atoms with Crippen molar-refractivity contribution in [2.75, 3.05) is 40.3 Å². The summed E-state index contributed by atoms with van der Waals surface area (Å²) >= 11 is 0. The van der Waals surface area contributed by atoms with E-state index < -0.39 is 0 Å². The molecule has 6 heteroatoms. The van der Waals surface area contributed by atoms with Gasteiger partial charge >= 0.3 is 0 Å². The Morgan fingerprint density at radius 2 is 1.93 bits per heavy atom. The van der Waals surface area contributed by atoms with Crippen molar-refractivity contribution in [1.29, 1.82) is 0 Å². The highest BCUT2D eigenvalue weighted by Gasteiger charge is 2.24. The summed E-state index contributed by atoms with van der Waals surface area (Å²) in [5, 5.41) is 6.29. The number of nitrogens with zero attached hydrogens (tertiary/aromatic N) is 2. The molecule has 1 fully saturated rings. The number of likely N-dealkylation sites (tertiary alicyclic amines) is 1. The number of aliphatic imine (C=N–C) groups is 1. The van der Waals surface area contributed by atoms with Gasteiger partial charge in [-0.15, -0.1) is 0 Å². The van der Waals surface area contributed by atoms with Crippen molar-refractivity contribution in [1.82, 2.24) is 15.5 Å². The van der Waals surface area contributed by atoms with Gasteiger partial charge in [-0.3, -0.25) is 9.79 Å². The van der Waals surface area contributed by atoms with Gasteiger partial charge in [-0.25, -0.2) is 0 Å². The molecule has 29 heavy (non-hydrogen) atoms. The molecular formula is C23H30N4O2. The predicted octanol–water partition coefficient (Wildman–Crippen LogP) is 2.56. The normalized spacial score (nSPS) is 16.6. The van der Waals surface area contributed by atoms with Gasteiger partial charge in [0, 0.05) is 38.8 Å². The Morgan fingerprint density at radius 3 is 2.69 bits per heavy atom. The molecule has 2 aromatic carbocycles. The van der Waals surface area contributed by atoms with E-state index in [4.69, 9.17) is 4.74 Å². The molecule has 3 rings (SSSR count). The van der Waals surface area contributed by atoms with Crippen LogP contribution in [0.5, 0.6) is 5.75 Å². The lowest BCUT2D eigenvalue weighted by molar-refractivity contribution is 0.0954. The topological polar surface area (TPSA) is 66.0 Å². The molecule has 1 heterocycles. The number of rotatable bonds is 7. The van der Waals surface area contributed by atoms with E-state index in [1.54, 1.807) is 19.2 Å². The lowest BCUT2D eigenvalue weighted by Gasteiger charge is -2.22. The molecule has 0 saturated carbocycles. The summed E-state index contributed by atoms with van der Waals surface area (Å²) in [6.45, 7) is 3.16. The van der Waals surface area contributed by atoms with Gasteiger partial charge in [0.1, 0.15) is 5.75 Å². The van der Waals surface area contributed by atoms with Crippen molar-refractivity contribution in [3.05, 3.63) is 65.7 Å². The molecule has 2 N–H and O–H groups in total. The summed E-state index contributed by atoms with van der Waals surface area (Å²) in [5.74, 6) is 2.11. The van der Waals surface area contributed by atoms with Crippen LogP contribution in [0.1, 0.15) is 22.3 Å². The van der Waals surface area contributed by atoms with Gasteiger partial charge in [0.15, 0.2) is 5.96 Å². The smallest absolute Gasteiger partial charge is 0.251 e. The van der Waals surface area contributed by atoms with Crippen LogP contribution >= 0.6 is 0 Å². The van der Waals surface area contributed by atoms with E-state index in [2.05, 4.69) is 50.9 Å². The minimum atomic E-state index is -0.107. The lowest BCUT2D eigenvalue weighted by atomic mass is 9.99. The zero-order valence-electron chi connectivity index (χ0n) is 17.2. The first-order chi connectivity index (χ1) is 14.2. The number of ether oxygens (including phenoxy) is 1. The number of hydrogen-bond acceptors (Lipinski definition) is 3. The highest BCUT2D eigenvalue weighted by Crippen LogP contribution is 2.20. The summed E-state index contributed by atoms with van der Waals surface area (Å²) in [4.78, 5) is 19.0. The molecule has 0 radical (unpaired) electrons. The fourth-order valence-electron chi connectivity index (χ4n) is 3.69. The number of benzene rings is 2. The molecule has 0 aromatic heterocycles. The van der Waals surface area contributed by atoms with Crippen molar-refractivity contribution >= 4 is 11.9 Å². The molecule has 1 atom stereocenters. The maximum absolute atomic E-state index is 12.3. The van der Waals surface area contributed by atoms with E-state index >= 15 is 0 Å². The quantitative estimate of drug-likeness (QED) is 0.430. The van der Waals surface area contributed by atoms with Crippen molar-refractivity contribution in [2.24, 2.45) is 10.9 Å². The monoisotopic (exact) mass is 394 g/mol. The fraction of sp³-hybridized carbons (Fsp3) is 0.391. The fourth-order valence-corrected chi connectivity index (χ4v) is 3.69. The van der Waals surface area contributed by atoms with Crippen LogP contribution in [0, 0.1) is 5.92 Å². The average molecular weight is 395 g/mol. The van der Waals surface area contributed by atoms with E-state index in [0.29, 0.717) is 30.3 Å². The van der Waals surface area contributed by atoms with E-state index in [0.717, 1.165) is 25.5 Å². The molecule has 6 nitrogen and oxygen atoms in total. The third kappa shape index (κ3) is 5.98. The second-order valence-electron chi connectivity index (χ2n) is 7.25. The highest BCUT2D eigenvalue weighted by atomic mass is 16.5. The zero-order chi connectivity index (χ0) is 20.5. The molecule has 1 amide bonds. The molecule has 1 saturated heterocycles.